The number of H-pyrrole nitrogens is 1. The maximum atomic E-state index is 13.5. The molecule has 1 N–H and O–H groups in total. The molecule has 1 amide bonds. The van der Waals surface area contributed by atoms with E-state index in [1.165, 1.54) is 11.3 Å². The number of aromatic nitrogens is 1. The molecular formula is C27H18ClN3O4. The molecule has 0 aliphatic carbocycles. The molecular weight excluding hydrogens is 466 g/mol. The van der Waals surface area contributed by atoms with Crippen molar-refractivity contribution in [3.63, 3.8) is 0 Å². The van der Waals surface area contributed by atoms with Crippen LogP contribution in [0.5, 0.6) is 0 Å². The van der Waals surface area contributed by atoms with Crippen molar-refractivity contribution in [2.75, 3.05) is 0 Å². The zero-order valence-electron chi connectivity index (χ0n) is 18.3. The van der Waals surface area contributed by atoms with E-state index in [4.69, 9.17) is 20.4 Å². The number of carbonyl (C=O) groups excluding carboxylic acids is 1. The molecule has 4 heterocycles. The number of benzene rings is 2. The van der Waals surface area contributed by atoms with Gasteiger partial charge in [0, 0.05) is 27.9 Å². The monoisotopic (exact) mass is 483 g/mol. The molecule has 7 nitrogen and oxygen atoms in total. The van der Waals surface area contributed by atoms with E-state index in [0.29, 0.717) is 33.1 Å². The van der Waals surface area contributed by atoms with Crippen LogP contribution in [0.2, 0.25) is 5.02 Å². The predicted octanol–water partition coefficient (Wildman–Crippen LogP) is 6.03. The molecule has 8 heteroatoms. The third-order valence-electron chi connectivity index (χ3n) is 6.05. The molecule has 0 bridgehead atoms. The van der Waals surface area contributed by atoms with E-state index in [2.05, 4.69) is 10.1 Å². The summed E-state index contributed by atoms with van der Waals surface area (Å²) in [5.41, 5.74) is 2.75. The summed E-state index contributed by atoms with van der Waals surface area (Å²) in [6.45, 7) is 0. The Hall–Kier alpha value is -4.36. The van der Waals surface area contributed by atoms with Crippen LogP contribution in [0, 0.1) is 0 Å². The van der Waals surface area contributed by atoms with E-state index >= 15 is 0 Å². The Balaban J connectivity index is 1.58. The van der Waals surface area contributed by atoms with E-state index in [9.17, 15) is 9.59 Å². The fraction of sp³-hybridized carbons (Fsp3) is 0.0741. The Kier molecular flexibility index (Phi) is 5.12. The van der Waals surface area contributed by atoms with Crippen LogP contribution in [-0.2, 0) is 0 Å². The molecule has 3 aromatic heterocycles. The Bertz CT molecular complexity index is 1620. The van der Waals surface area contributed by atoms with Crippen molar-refractivity contribution in [3.8, 4) is 11.1 Å². The molecule has 1 atom stereocenters. The first-order valence-electron chi connectivity index (χ1n) is 11.0. The number of aromatic amines is 1. The number of nitrogens with zero attached hydrogens (tertiary/aromatic N) is 2. The lowest BCUT2D eigenvalue weighted by Gasteiger charge is -2.18. The van der Waals surface area contributed by atoms with Gasteiger partial charge in [0.05, 0.1) is 23.8 Å². The number of hydrogen-bond donors (Lipinski definition) is 1. The van der Waals surface area contributed by atoms with Crippen molar-refractivity contribution in [1.29, 1.82) is 0 Å². The van der Waals surface area contributed by atoms with Gasteiger partial charge in [0.25, 0.3) is 5.56 Å². The van der Waals surface area contributed by atoms with Gasteiger partial charge in [-0.15, -0.1) is 0 Å². The zero-order chi connectivity index (χ0) is 23.9. The second-order valence-electron chi connectivity index (χ2n) is 8.17. The van der Waals surface area contributed by atoms with E-state index in [0.717, 1.165) is 10.9 Å². The standard InChI is InChI=1S/C27H18ClN3O4/c28-17-10-11-19-18(14-17)24(16-6-2-1-3-7-16)25(26(32)29-19)20-15-21(22-8-4-12-34-22)31(30-20)27(33)23-9-5-13-35-23/h1-14,21H,15H2,(H,29,32). The molecule has 1 aliphatic rings. The number of fused-ring (bicyclic) bond motifs is 1. The summed E-state index contributed by atoms with van der Waals surface area (Å²) in [5, 5.41) is 7.31. The highest BCUT2D eigenvalue weighted by Crippen LogP contribution is 2.38. The van der Waals surface area contributed by atoms with Crippen LogP contribution in [-0.4, -0.2) is 21.6 Å². The molecule has 2 aromatic carbocycles. The van der Waals surface area contributed by atoms with Gasteiger partial charge in [-0.3, -0.25) is 9.59 Å². The van der Waals surface area contributed by atoms with Crippen molar-refractivity contribution in [3.05, 3.63) is 118 Å². The minimum absolute atomic E-state index is 0.147. The average molecular weight is 484 g/mol. The molecule has 1 aliphatic heterocycles. The molecule has 0 saturated carbocycles. The number of hydrogen-bond acceptors (Lipinski definition) is 5. The minimum atomic E-state index is -0.532. The maximum absolute atomic E-state index is 13.5. The molecule has 6 rings (SSSR count). The second-order valence-corrected chi connectivity index (χ2v) is 8.61. The summed E-state index contributed by atoms with van der Waals surface area (Å²) in [6, 6.07) is 21.2. The summed E-state index contributed by atoms with van der Waals surface area (Å²) in [4.78, 5) is 29.7. The van der Waals surface area contributed by atoms with Crippen LogP contribution in [0.3, 0.4) is 0 Å². The Morgan fingerprint density at radius 3 is 2.51 bits per heavy atom. The highest BCUT2D eigenvalue weighted by Gasteiger charge is 2.38. The molecule has 1 unspecified atom stereocenters. The first-order chi connectivity index (χ1) is 17.1. The minimum Gasteiger partial charge on any atom is -0.467 e. The fourth-order valence-electron chi connectivity index (χ4n) is 4.51. The summed E-state index contributed by atoms with van der Waals surface area (Å²) in [5.74, 6) is 0.284. The van der Waals surface area contributed by atoms with Crippen molar-refractivity contribution >= 4 is 34.1 Å². The normalized spacial score (nSPS) is 15.5. The van der Waals surface area contributed by atoms with Crippen LogP contribution in [0.25, 0.3) is 22.0 Å². The molecule has 35 heavy (non-hydrogen) atoms. The zero-order valence-corrected chi connectivity index (χ0v) is 19.0. The maximum Gasteiger partial charge on any atom is 0.310 e. The van der Waals surface area contributed by atoms with Gasteiger partial charge in [-0.05, 0) is 48.0 Å². The molecule has 0 spiro atoms. The molecule has 0 saturated heterocycles. The van der Waals surface area contributed by atoms with E-state index < -0.39 is 11.9 Å². The number of carbonyl (C=O) groups is 1. The SMILES string of the molecule is O=C(c1ccco1)N1N=C(c2c(-c3ccccc3)c3cc(Cl)ccc3[nH]c2=O)CC1c1ccco1. The molecule has 172 valence electrons. The van der Waals surface area contributed by atoms with Gasteiger partial charge in [-0.1, -0.05) is 41.9 Å². The average Bonchev–Trinajstić information content (AvgIpc) is 3.65. The third kappa shape index (κ3) is 3.66. The summed E-state index contributed by atoms with van der Waals surface area (Å²) in [7, 11) is 0. The number of rotatable bonds is 4. The fourth-order valence-corrected chi connectivity index (χ4v) is 4.68. The van der Waals surface area contributed by atoms with E-state index in [1.54, 1.807) is 42.7 Å². The Morgan fingerprint density at radius 2 is 1.77 bits per heavy atom. The first kappa shape index (κ1) is 21.2. The van der Waals surface area contributed by atoms with Gasteiger partial charge in [-0.2, -0.15) is 5.10 Å². The van der Waals surface area contributed by atoms with Crippen LogP contribution < -0.4 is 5.56 Å². The number of amides is 1. The lowest BCUT2D eigenvalue weighted by atomic mass is 9.92. The topological polar surface area (TPSA) is 91.8 Å². The van der Waals surface area contributed by atoms with Crippen LogP contribution in [0.4, 0.5) is 0 Å². The Labute approximate surface area is 204 Å². The lowest BCUT2D eigenvalue weighted by molar-refractivity contribution is 0.0660. The quantitative estimate of drug-likeness (QED) is 0.338. The van der Waals surface area contributed by atoms with Crippen LogP contribution in [0.1, 0.15) is 34.3 Å². The van der Waals surface area contributed by atoms with Crippen molar-refractivity contribution < 1.29 is 13.6 Å². The van der Waals surface area contributed by atoms with Gasteiger partial charge < -0.3 is 13.8 Å². The summed E-state index contributed by atoms with van der Waals surface area (Å²) >= 11 is 6.34. The Morgan fingerprint density at radius 1 is 0.971 bits per heavy atom. The number of furan rings is 2. The summed E-state index contributed by atoms with van der Waals surface area (Å²) in [6.07, 6.45) is 3.26. The third-order valence-corrected chi connectivity index (χ3v) is 6.28. The second kappa shape index (κ2) is 8.45. The van der Waals surface area contributed by atoms with Crippen LogP contribution in [0.15, 0.2) is 104 Å². The van der Waals surface area contributed by atoms with Gasteiger partial charge in [0.15, 0.2) is 5.76 Å². The first-order valence-corrected chi connectivity index (χ1v) is 11.4. The van der Waals surface area contributed by atoms with Gasteiger partial charge in [0.1, 0.15) is 11.8 Å². The molecule has 0 fully saturated rings. The lowest BCUT2D eigenvalue weighted by Crippen LogP contribution is -2.26. The van der Waals surface area contributed by atoms with Crippen molar-refractivity contribution in [2.45, 2.75) is 12.5 Å². The van der Waals surface area contributed by atoms with Crippen molar-refractivity contribution in [1.82, 2.24) is 9.99 Å². The molecule has 5 aromatic rings. The number of halogens is 1. The number of hydrazone groups is 1. The van der Waals surface area contributed by atoms with Crippen molar-refractivity contribution in [2.24, 2.45) is 5.10 Å². The smallest absolute Gasteiger partial charge is 0.310 e. The highest BCUT2D eigenvalue weighted by atomic mass is 35.5. The number of pyridine rings is 1. The summed E-state index contributed by atoms with van der Waals surface area (Å²) < 4.78 is 11.0. The van der Waals surface area contributed by atoms with Gasteiger partial charge in [-0.25, -0.2) is 5.01 Å². The predicted molar refractivity (Wildman–Crippen MR) is 132 cm³/mol. The van der Waals surface area contributed by atoms with E-state index in [1.807, 2.05) is 36.4 Å². The largest absolute Gasteiger partial charge is 0.467 e. The highest BCUT2D eigenvalue weighted by molar-refractivity contribution is 6.31. The van der Waals surface area contributed by atoms with Gasteiger partial charge in [0.2, 0.25) is 0 Å². The number of nitrogens with one attached hydrogen (secondary N) is 1. The van der Waals surface area contributed by atoms with E-state index in [-0.39, 0.29) is 17.7 Å². The van der Waals surface area contributed by atoms with Gasteiger partial charge >= 0.3 is 5.91 Å². The van der Waals surface area contributed by atoms with Crippen LogP contribution >= 0.6 is 11.6 Å². The molecule has 0 radical (unpaired) electrons.